The van der Waals surface area contributed by atoms with Crippen molar-refractivity contribution in [1.29, 1.82) is 0 Å². The maximum absolute atomic E-state index is 13.7. The van der Waals surface area contributed by atoms with Crippen LogP contribution in [0.3, 0.4) is 0 Å². The van der Waals surface area contributed by atoms with E-state index >= 15 is 0 Å². The second-order valence-electron chi connectivity index (χ2n) is 9.26. The van der Waals surface area contributed by atoms with Crippen LogP contribution >= 0.6 is 11.8 Å². The fourth-order valence-corrected chi connectivity index (χ4v) is 6.21. The fraction of sp³-hybridized carbons (Fsp3) is 0.429. The van der Waals surface area contributed by atoms with Crippen LogP contribution in [-0.4, -0.2) is 34.6 Å². The third-order valence-electron chi connectivity index (χ3n) is 6.67. The van der Waals surface area contributed by atoms with E-state index in [4.69, 9.17) is 0 Å². The number of hydrogen-bond donors (Lipinski definition) is 1. The number of rotatable bonds is 6. The number of thioether (sulfide) groups is 1. The molecule has 5 heteroatoms. The van der Waals surface area contributed by atoms with Crippen molar-refractivity contribution in [2.75, 3.05) is 6.54 Å². The number of amides is 2. The van der Waals surface area contributed by atoms with Gasteiger partial charge in [0.15, 0.2) is 0 Å². The molecule has 2 atom stereocenters. The molecule has 2 aromatic rings. The van der Waals surface area contributed by atoms with Gasteiger partial charge in [0.1, 0.15) is 0 Å². The first-order valence-corrected chi connectivity index (χ1v) is 13.0. The van der Waals surface area contributed by atoms with Gasteiger partial charge in [-0.2, -0.15) is 0 Å². The lowest BCUT2D eigenvalue weighted by atomic mass is 9.92. The Balaban J connectivity index is 1.58. The number of hydrogen-bond acceptors (Lipinski definition) is 3. The lowest BCUT2D eigenvalue weighted by Gasteiger charge is -2.44. The van der Waals surface area contributed by atoms with Gasteiger partial charge >= 0.3 is 0 Å². The summed E-state index contributed by atoms with van der Waals surface area (Å²) < 4.78 is 0. The molecule has 1 aliphatic carbocycles. The van der Waals surface area contributed by atoms with E-state index in [9.17, 15) is 9.59 Å². The lowest BCUT2D eigenvalue weighted by Crippen LogP contribution is -2.50. The molecule has 1 N–H and O–H groups in total. The van der Waals surface area contributed by atoms with Crippen LogP contribution in [0.25, 0.3) is 6.08 Å². The number of benzene rings is 2. The van der Waals surface area contributed by atoms with Gasteiger partial charge in [-0.05, 0) is 68.0 Å². The Morgan fingerprint density at radius 2 is 1.88 bits per heavy atom. The molecule has 1 aliphatic heterocycles. The zero-order valence-electron chi connectivity index (χ0n) is 19.9. The van der Waals surface area contributed by atoms with Gasteiger partial charge in [-0.3, -0.25) is 9.59 Å². The summed E-state index contributed by atoms with van der Waals surface area (Å²) in [5.74, 6) is 0.0812. The topological polar surface area (TPSA) is 49.4 Å². The van der Waals surface area contributed by atoms with E-state index in [0.717, 1.165) is 29.7 Å². The molecule has 4 rings (SSSR count). The van der Waals surface area contributed by atoms with E-state index in [1.807, 2.05) is 37.3 Å². The Hall–Kier alpha value is -2.53. The molecule has 33 heavy (non-hydrogen) atoms. The highest BCUT2D eigenvalue weighted by atomic mass is 32.2. The number of carbonyl (C=O) groups excluding carboxylic acids is 2. The Morgan fingerprint density at radius 3 is 2.64 bits per heavy atom. The van der Waals surface area contributed by atoms with Crippen LogP contribution in [0.1, 0.15) is 71.6 Å². The molecule has 0 aromatic heterocycles. The molecule has 174 valence electrons. The van der Waals surface area contributed by atoms with Crippen LogP contribution in [-0.2, 0) is 11.3 Å². The average molecular weight is 463 g/mol. The number of aryl methyl sites for hydroxylation is 2. The molecule has 1 heterocycles. The van der Waals surface area contributed by atoms with Crippen molar-refractivity contribution in [1.82, 2.24) is 10.2 Å². The zero-order valence-corrected chi connectivity index (χ0v) is 20.7. The van der Waals surface area contributed by atoms with E-state index in [1.165, 1.54) is 29.5 Å². The zero-order chi connectivity index (χ0) is 23.4. The minimum atomic E-state index is -0.0519. The molecule has 0 radical (unpaired) electrons. The Morgan fingerprint density at radius 1 is 1.12 bits per heavy atom. The van der Waals surface area contributed by atoms with Crippen molar-refractivity contribution in [3.63, 3.8) is 0 Å². The highest BCUT2D eigenvalue weighted by Crippen LogP contribution is 2.42. The molecule has 0 spiro atoms. The quantitative estimate of drug-likeness (QED) is 0.546. The highest BCUT2D eigenvalue weighted by molar-refractivity contribution is 8.04. The average Bonchev–Trinajstić information content (AvgIpc) is 2.82. The number of nitrogens with one attached hydrogen (secondary N) is 1. The number of carbonyl (C=O) groups is 2. The van der Waals surface area contributed by atoms with Crippen molar-refractivity contribution in [2.45, 2.75) is 70.7 Å². The first kappa shape index (κ1) is 23.6. The summed E-state index contributed by atoms with van der Waals surface area (Å²) in [5, 5.41) is 3.36. The van der Waals surface area contributed by atoms with E-state index in [2.05, 4.69) is 42.3 Å². The maximum Gasteiger partial charge on any atom is 0.260 e. The number of fused-ring (bicyclic) bond motifs is 1. The van der Waals surface area contributed by atoms with Crippen molar-refractivity contribution in [3.8, 4) is 0 Å². The molecule has 2 fully saturated rings. The molecule has 1 saturated carbocycles. The molecular weight excluding hydrogens is 428 g/mol. The van der Waals surface area contributed by atoms with Crippen molar-refractivity contribution >= 4 is 29.7 Å². The standard InChI is InChI=1S/C28H34N2O2S/c1-4-15-29-27(31)22-13-11-21(12-14-22)17-26-28(32)30(24-7-5-6-8-25(24)33-26)18-23-16-19(2)9-10-20(23)3/h9-14,16-17,24-25H,4-8,15,18H2,1-3H3,(H,29,31)/b26-17-. The van der Waals surface area contributed by atoms with Crippen molar-refractivity contribution in [2.24, 2.45) is 0 Å². The van der Waals surface area contributed by atoms with Gasteiger partial charge < -0.3 is 10.2 Å². The summed E-state index contributed by atoms with van der Waals surface area (Å²) >= 11 is 1.75. The predicted octanol–water partition coefficient (Wildman–Crippen LogP) is 5.87. The third-order valence-corrected chi connectivity index (χ3v) is 8.07. The van der Waals surface area contributed by atoms with Gasteiger partial charge in [0.05, 0.1) is 4.91 Å². The predicted molar refractivity (Wildman–Crippen MR) is 137 cm³/mol. The minimum absolute atomic E-state index is 0.0519. The van der Waals surface area contributed by atoms with E-state index in [0.29, 0.717) is 29.9 Å². The second kappa shape index (κ2) is 10.6. The summed E-state index contributed by atoms with van der Waals surface area (Å²) in [6.07, 6.45) is 7.58. The molecule has 4 nitrogen and oxygen atoms in total. The Kier molecular flexibility index (Phi) is 7.59. The number of nitrogens with zero attached hydrogens (tertiary/aromatic N) is 1. The largest absolute Gasteiger partial charge is 0.352 e. The van der Waals surface area contributed by atoms with Crippen LogP contribution in [0, 0.1) is 13.8 Å². The fourth-order valence-electron chi connectivity index (χ4n) is 4.74. The molecular formula is C28H34N2O2S. The van der Waals surface area contributed by atoms with E-state index in [1.54, 1.807) is 11.8 Å². The monoisotopic (exact) mass is 462 g/mol. The van der Waals surface area contributed by atoms with Crippen LogP contribution in [0.4, 0.5) is 0 Å². The highest BCUT2D eigenvalue weighted by Gasteiger charge is 2.40. The van der Waals surface area contributed by atoms with E-state index < -0.39 is 0 Å². The van der Waals surface area contributed by atoms with Gasteiger partial charge in [0, 0.05) is 29.9 Å². The SMILES string of the molecule is CCCNC(=O)c1ccc(/C=C2\SC3CCCCC3N(Cc3cc(C)ccc3C)C2=O)cc1. The third kappa shape index (κ3) is 5.52. The van der Waals surface area contributed by atoms with Crippen molar-refractivity contribution in [3.05, 3.63) is 75.2 Å². The summed E-state index contributed by atoms with van der Waals surface area (Å²) in [4.78, 5) is 28.8. The molecule has 1 saturated heterocycles. The van der Waals surface area contributed by atoms with Crippen LogP contribution in [0.2, 0.25) is 0 Å². The lowest BCUT2D eigenvalue weighted by molar-refractivity contribution is -0.130. The minimum Gasteiger partial charge on any atom is -0.352 e. The smallest absolute Gasteiger partial charge is 0.260 e. The Bertz CT molecular complexity index is 1040. The molecule has 0 bridgehead atoms. The second-order valence-corrected chi connectivity index (χ2v) is 10.5. The van der Waals surface area contributed by atoms with Gasteiger partial charge in [-0.1, -0.05) is 55.7 Å². The van der Waals surface area contributed by atoms with Gasteiger partial charge in [-0.25, -0.2) is 0 Å². The van der Waals surface area contributed by atoms with Gasteiger partial charge in [-0.15, -0.1) is 11.8 Å². The summed E-state index contributed by atoms with van der Waals surface area (Å²) in [5.41, 5.74) is 5.31. The van der Waals surface area contributed by atoms with Crippen molar-refractivity contribution < 1.29 is 9.59 Å². The van der Waals surface area contributed by atoms with Crippen LogP contribution < -0.4 is 5.32 Å². The van der Waals surface area contributed by atoms with Gasteiger partial charge in [0.2, 0.25) is 0 Å². The van der Waals surface area contributed by atoms with Crippen LogP contribution in [0.15, 0.2) is 47.4 Å². The van der Waals surface area contributed by atoms with E-state index in [-0.39, 0.29) is 11.8 Å². The Labute approximate surface area is 201 Å². The maximum atomic E-state index is 13.7. The molecule has 2 unspecified atom stereocenters. The van der Waals surface area contributed by atoms with Gasteiger partial charge in [0.25, 0.3) is 11.8 Å². The molecule has 2 amide bonds. The summed E-state index contributed by atoms with van der Waals surface area (Å²) in [6, 6.07) is 14.4. The summed E-state index contributed by atoms with van der Waals surface area (Å²) in [7, 11) is 0. The first-order valence-electron chi connectivity index (χ1n) is 12.1. The molecule has 2 aliphatic rings. The summed E-state index contributed by atoms with van der Waals surface area (Å²) in [6.45, 7) is 7.62. The first-order chi connectivity index (χ1) is 16.0. The van der Waals surface area contributed by atoms with Crippen LogP contribution in [0.5, 0.6) is 0 Å². The molecule has 2 aromatic carbocycles. The normalized spacial score (nSPS) is 21.7.